The molecule has 2 unspecified atom stereocenters. The summed E-state index contributed by atoms with van der Waals surface area (Å²) in [7, 11) is 0. The van der Waals surface area contributed by atoms with E-state index in [1.54, 1.807) is 0 Å². The summed E-state index contributed by atoms with van der Waals surface area (Å²) in [6.07, 6.45) is -5.15. The topological polar surface area (TPSA) is 0 Å². The lowest BCUT2D eigenvalue weighted by atomic mass is 10.1. The molecule has 0 aromatic rings. The van der Waals surface area contributed by atoms with Crippen molar-refractivity contribution in [3.05, 3.63) is 6.92 Å². The van der Waals surface area contributed by atoms with E-state index in [0.29, 0.717) is 6.92 Å². The second kappa shape index (κ2) is 2.54. The van der Waals surface area contributed by atoms with Gasteiger partial charge in [0.05, 0.1) is 0 Å². The monoisotopic (exact) mass is 143 g/mol. The first kappa shape index (κ1) is 8.72. The third-order valence-electron chi connectivity index (χ3n) is 0.948. The number of hydrogen-bond donors (Lipinski definition) is 0. The minimum Gasteiger partial charge on any atom is -0.241 e. The SMILES string of the molecule is [CH2]C(F)C(F)(F)C(C)F. The zero-order valence-corrected chi connectivity index (χ0v) is 4.87. The van der Waals surface area contributed by atoms with E-state index < -0.39 is 18.3 Å². The van der Waals surface area contributed by atoms with Crippen LogP contribution in [0.4, 0.5) is 17.6 Å². The van der Waals surface area contributed by atoms with Crippen LogP contribution in [0.1, 0.15) is 6.92 Å². The molecule has 0 amide bonds. The predicted octanol–water partition coefficient (Wildman–Crippen LogP) is 2.15. The molecule has 0 aromatic carbocycles. The fraction of sp³-hybridized carbons (Fsp3) is 0.800. The molecule has 0 fully saturated rings. The van der Waals surface area contributed by atoms with Gasteiger partial charge >= 0.3 is 5.92 Å². The third-order valence-corrected chi connectivity index (χ3v) is 0.948. The Morgan fingerprint density at radius 1 is 1.33 bits per heavy atom. The molecule has 4 heteroatoms. The molecule has 1 radical (unpaired) electrons. The summed E-state index contributed by atoms with van der Waals surface area (Å²) >= 11 is 0. The Kier molecular flexibility index (Phi) is 2.46. The molecule has 0 aromatic heterocycles. The molecule has 9 heavy (non-hydrogen) atoms. The maximum absolute atomic E-state index is 11.9. The van der Waals surface area contributed by atoms with Crippen LogP contribution < -0.4 is 0 Å². The van der Waals surface area contributed by atoms with Crippen molar-refractivity contribution in [1.29, 1.82) is 0 Å². The van der Waals surface area contributed by atoms with E-state index in [1.807, 2.05) is 0 Å². The van der Waals surface area contributed by atoms with Crippen LogP contribution in [0.2, 0.25) is 0 Å². The van der Waals surface area contributed by atoms with Gasteiger partial charge in [0.25, 0.3) is 0 Å². The van der Waals surface area contributed by atoms with E-state index in [1.165, 1.54) is 0 Å². The summed E-state index contributed by atoms with van der Waals surface area (Å²) in [6, 6.07) is 0. The van der Waals surface area contributed by atoms with E-state index in [4.69, 9.17) is 0 Å². The molecule has 0 saturated heterocycles. The first-order valence-electron chi connectivity index (χ1n) is 2.38. The fourth-order valence-corrected chi connectivity index (χ4v) is 0.249. The Hall–Kier alpha value is -0.280. The van der Waals surface area contributed by atoms with Gasteiger partial charge in [0.2, 0.25) is 0 Å². The van der Waals surface area contributed by atoms with Gasteiger partial charge in [0, 0.05) is 0 Å². The van der Waals surface area contributed by atoms with Crippen molar-refractivity contribution in [2.45, 2.75) is 25.2 Å². The lowest BCUT2D eigenvalue weighted by molar-refractivity contribution is -0.107. The summed E-state index contributed by atoms with van der Waals surface area (Å²) in [5.74, 6) is -3.94. The Morgan fingerprint density at radius 3 is 1.67 bits per heavy atom. The van der Waals surface area contributed by atoms with Crippen LogP contribution >= 0.6 is 0 Å². The molecule has 0 aliphatic carbocycles. The van der Waals surface area contributed by atoms with Crippen LogP contribution in [0.25, 0.3) is 0 Å². The van der Waals surface area contributed by atoms with Crippen LogP contribution in [0, 0.1) is 6.92 Å². The average molecular weight is 143 g/mol. The Balaban J connectivity index is 4.01. The van der Waals surface area contributed by atoms with Crippen molar-refractivity contribution in [2.75, 3.05) is 0 Å². The maximum atomic E-state index is 11.9. The van der Waals surface area contributed by atoms with E-state index in [9.17, 15) is 17.6 Å². The molecule has 0 saturated carbocycles. The molecule has 0 aliphatic rings. The number of alkyl halides is 4. The lowest BCUT2D eigenvalue weighted by Crippen LogP contribution is -2.36. The molecular weight excluding hydrogens is 136 g/mol. The van der Waals surface area contributed by atoms with Gasteiger partial charge in [-0.3, -0.25) is 0 Å². The van der Waals surface area contributed by atoms with Gasteiger partial charge in [0.1, 0.15) is 0 Å². The second-order valence-corrected chi connectivity index (χ2v) is 1.76. The Bertz CT molecular complexity index is 77.0. The molecule has 0 bridgehead atoms. The molecule has 2 atom stereocenters. The number of hydrogen-bond acceptors (Lipinski definition) is 0. The van der Waals surface area contributed by atoms with Crippen molar-refractivity contribution >= 4 is 0 Å². The van der Waals surface area contributed by atoms with Crippen molar-refractivity contribution < 1.29 is 17.6 Å². The van der Waals surface area contributed by atoms with Crippen LogP contribution in [-0.4, -0.2) is 18.3 Å². The fourth-order valence-electron chi connectivity index (χ4n) is 0.249. The molecule has 0 spiro atoms. The van der Waals surface area contributed by atoms with Gasteiger partial charge in [0.15, 0.2) is 12.3 Å². The Labute approximate surface area is 50.9 Å². The molecule has 0 N–H and O–H groups in total. The normalized spacial score (nSPS) is 19.3. The molecule has 0 nitrogen and oxygen atoms in total. The van der Waals surface area contributed by atoms with Gasteiger partial charge in [-0.05, 0) is 13.8 Å². The average Bonchev–Trinajstić information content (AvgIpc) is 1.65. The van der Waals surface area contributed by atoms with E-state index in [-0.39, 0.29) is 0 Å². The Morgan fingerprint density at radius 2 is 1.67 bits per heavy atom. The molecule has 0 rings (SSSR count). The zero-order chi connectivity index (χ0) is 7.65. The lowest BCUT2D eigenvalue weighted by Gasteiger charge is -2.17. The smallest absolute Gasteiger partial charge is 0.241 e. The van der Waals surface area contributed by atoms with Gasteiger partial charge in [-0.2, -0.15) is 0 Å². The number of rotatable bonds is 2. The predicted molar refractivity (Wildman–Crippen MR) is 25.8 cm³/mol. The van der Waals surface area contributed by atoms with Crippen molar-refractivity contribution in [1.82, 2.24) is 0 Å². The van der Waals surface area contributed by atoms with Gasteiger partial charge in [-0.25, -0.2) is 17.6 Å². The highest BCUT2D eigenvalue weighted by Gasteiger charge is 2.43. The quantitative estimate of drug-likeness (QED) is 0.519. The third kappa shape index (κ3) is 1.84. The zero-order valence-electron chi connectivity index (χ0n) is 4.87. The van der Waals surface area contributed by atoms with Crippen molar-refractivity contribution in [3.63, 3.8) is 0 Å². The summed E-state index contributed by atoms with van der Waals surface area (Å²) < 4.78 is 47.0. The highest BCUT2D eigenvalue weighted by atomic mass is 19.3. The largest absolute Gasteiger partial charge is 0.308 e. The summed E-state index contributed by atoms with van der Waals surface area (Å²) in [5, 5.41) is 0. The highest BCUT2D eigenvalue weighted by Crippen LogP contribution is 2.26. The van der Waals surface area contributed by atoms with Crippen molar-refractivity contribution in [3.8, 4) is 0 Å². The van der Waals surface area contributed by atoms with Gasteiger partial charge in [-0.1, -0.05) is 0 Å². The molecule has 0 aliphatic heterocycles. The minimum absolute atomic E-state index is 0.595. The molecule has 55 valence electrons. The first-order chi connectivity index (χ1) is 3.89. The molecule has 0 heterocycles. The maximum Gasteiger partial charge on any atom is 0.308 e. The van der Waals surface area contributed by atoms with Gasteiger partial charge < -0.3 is 0 Å². The summed E-state index contributed by atoms with van der Waals surface area (Å²) in [6.45, 7) is 2.97. The van der Waals surface area contributed by atoms with Crippen molar-refractivity contribution in [2.24, 2.45) is 0 Å². The minimum atomic E-state index is -3.94. The number of halogens is 4. The highest BCUT2D eigenvalue weighted by molar-refractivity contribution is 4.83. The first-order valence-corrected chi connectivity index (χ1v) is 2.38. The molecular formula is C5H7F4. The van der Waals surface area contributed by atoms with E-state index in [2.05, 4.69) is 6.92 Å². The van der Waals surface area contributed by atoms with Crippen LogP contribution in [0.5, 0.6) is 0 Å². The van der Waals surface area contributed by atoms with E-state index in [0.717, 1.165) is 0 Å². The second-order valence-electron chi connectivity index (χ2n) is 1.76. The van der Waals surface area contributed by atoms with Gasteiger partial charge in [-0.15, -0.1) is 0 Å². The van der Waals surface area contributed by atoms with Crippen LogP contribution in [-0.2, 0) is 0 Å². The van der Waals surface area contributed by atoms with Crippen LogP contribution in [0.3, 0.4) is 0 Å². The van der Waals surface area contributed by atoms with E-state index >= 15 is 0 Å². The standard InChI is InChI=1S/C5H7F4/c1-3(6)5(8,9)4(2)7/h3-4H,1H2,2H3. The summed E-state index contributed by atoms with van der Waals surface area (Å²) in [4.78, 5) is 0. The van der Waals surface area contributed by atoms with Crippen LogP contribution in [0.15, 0.2) is 0 Å². The summed E-state index contributed by atoms with van der Waals surface area (Å²) in [5.41, 5.74) is 0.